The van der Waals surface area contributed by atoms with Gasteiger partial charge in [0.25, 0.3) is 0 Å². The lowest BCUT2D eigenvalue weighted by atomic mass is 9.78. The van der Waals surface area contributed by atoms with Crippen LogP contribution in [0.2, 0.25) is 0 Å². The molecular formula is C111H196N8O16. The zero-order valence-corrected chi connectivity index (χ0v) is 93.6. The van der Waals surface area contributed by atoms with Gasteiger partial charge in [-0.2, -0.15) is 0 Å². The van der Waals surface area contributed by atoms with Crippen LogP contribution in [0.25, 0.3) is 0 Å². The van der Waals surface area contributed by atoms with Gasteiger partial charge in [-0.25, -0.2) is 9.59 Å². The lowest BCUT2D eigenvalue weighted by Gasteiger charge is -2.32. The van der Waals surface area contributed by atoms with Crippen molar-refractivity contribution in [2.75, 3.05) is 25.5 Å². The highest BCUT2D eigenvalue weighted by Crippen LogP contribution is 2.39. The van der Waals surface area contributed by atoms with Crippen molar-refractivity contribution in [3.63, 3.8) is 0 Å². The number of amides is 7. The number of imide groups is 1. The number of urea groups is 2. The summed E-state index contributed by atoms with van der Waals surface area (Å²) in [7, 11) is 1.62. The number of primary amides is 2. The molecule has 3 aromatic rings. The van der Waals surface area contributed by atoms with E-state index in [9.17, 15) is 62.3 Å². The third-order valence-corrected chi connectivity index (χ3v) is 19.3. The average Bonchev–Trinajstić information content (AvgIpc) is 1.63. The summed E-state index contributed by atoms with van der Waals surface area (Å²) in [6.07, 6.45) is 4.17. The molecule has 5 unspecified atom stereocenters. The van der Waals surface area contributed by atoms with Gasteiger partial charge in [0.15, 0.2) is 17.3 Å². The lowest BCUT2D eigenvalue weighted by molar-refractivity contribution is -0.155. The van der Waals surface area contributed by atoms with E-state index in [1.54, 1.807) is 52.1 Å². The summed E-state index contributed by atoms with van der Waals surface area (Å²) in [4.78, 5) is 157. The summed E-state index contributed by atoms with van der Waals surface area (Å²) in [5.74, 6) is 0.458. The predicted octanol–water partition coefficient (Wildman–Crippen LogP) is 24.1. The smallest absolute Gasteiger partial charge is 0.312 e. The molecule has 9 N–H and O–H groups in total. The van der Waals surface area contributed by atoms with Crippen molar-refractivity contribution in [3.8, 4) is 5.75 Å². The molecule has 0 aromatic heterocycles. The molecule has 0 radical (unpaired) electrons. The Hall–Kier alpha value is -8.51. The van der Waals surface area contributed by atoms with E-state index in [0.29, 0.717) is 92.7 Å². The Morgan fingerprint density at radius 3 is 1.05 bits per heavy atom. The summed E-state index contributed by atoms with van der Waals surface area (Å²) < 4.78 is 15.6. The maximum Gasteiger partial charge on any atom is 0.312 e. The Morgan fingerprint density at radius 1 is 0.437 bits per heavy atom. The topological polar surface area (TPSA) is 365 Å². The summed E-state index contributed by atoms with van der Waals surface area (Å²) in [6, 6.07) is 22.4. The Balaban J connectivity index is -0.000000500. The predicted molar refractivity (Wildman–Crippen MR) is 557 cm³/mol. The first-order chi connectivity index (χ1) is 60.5. The quantitative estimate of drug-likeness (QED) is 0.0132. The Bertz CT molecular complexity index is 4000. The van der Waals surface area contributed by atoms with E-state index in [0.717, 1.165) is 22.4 Å². The van der Waals surface area contributed by atoms with Crippen LogP contribution in [0.15, 0.2) is 78.9 Å². The number of likely N-dealkylation sites (tertiary alicyclic amines) is 1. The van der Waals surface area contributed by atoms with Crippen LogP contribution in [0.5, 0.6) is 5.75 Å². The summed E-state index contributed by atoms with van der Waals surface area (Å²) >= 11 is 0. The second-order valence-electron chi connectivity index (χ2n) is 50.1. The first-order valence-corrected chi connectivity index (χ1v) is 48.6. The third kappa shape index (κ3) is 69.9. The number of anilines is 1. The van der Waals surface area contributed by atoms with Crippen LogP contribution in [0.1, 0.15) is 391 Å². The van der Waals surface area contributed by atoms with Crippen LogP contribution in [-0.2, 0) is 70.6 Å². The molecule has 1 heterocycles. The average molecular weight is 1900 g/mol. The van der Waals surface area contributed by atoms with E-state index in [-0.39, 0.29) is 153 Å². The minimum absolute atomic E-state index is 0.0139. The molecule has 5 atom stereocenters. The third-order valence-electron chi connectivity index (χ3n) is 19.3. The molecule has 1 fully saturated rings. The van der Waals surface area contributed by atoms with E-state index in [1.165, 1.54) is 4.90 Å². The number of carbonyl (C=O) groups is 13. The molecule has 3 aromatic carbocycles. The maximum absolute atomic E-state index is 13.1. The highest BCUT2D eigenvalue weighted by molar-refractivity contribution is 6.05. The van der Waals surface area contributed by atoms with Gasteiger partial charge in [0.1, 0.15) is 36.3 Å². The molecule has 24 heteroatoms. The van der Waals surface area contributed by atoms with Gasteiger partial charge in [-0.1, -0.05) is 304 Å². The number of ketones is 6. The van der Waals surface area contributed by atoms with Crippen LogP contribution in [0.3, 0.4) is 0 Å². The number of carbonyl (C=O) groups excluding carboxylic acids is 13. The van der Waals surface area contributed by atoms with Crippen LogP contribution < -0.4 is 42.8 Å². The Kier molecular flexibility index (Phi) is 61.0. The molecule has 0 bridgehead atoms. The van der Waals surface area contributed by atoms with Crippen LogP contribution in [-0.4, -0.2) is 131 Å². The molecular weight excluding hydrogens is 1700 g/mol. The van der Waals surface area contributed by atoms with Gasteiger partial charge >= 0.3 is 24.0 Å². The molecule has 7 amide bonds. The molecule has 776 valence electrons. The van der Waals surface area contributed by atoms with Crippen LogP contribution in [0, 0.1) is 89.7 Å². The van der Waals surface area contributed by atoms with E-state index in [4.69, 9.17) is 25.7 Å². The van der Waals surface area contributed by atoms with Crippen LogP contribution >= 0.6 is 0 Å². The first kappa shape index (κ1) is 135. The van der Waals surface area contributed by atoms with Crippen molar-refractivity contribution in [2.45, 2.75) is 412 Å². The number of hydrogen-bond acceptors (Lipinski definition) is 18. The number of ether oxygens (including phenoxy) is 3. The van der Waals surface area contributed by atoms with Crippen molar-refractivity contribution >= 4 is 82.1 Å². The minimum atomic E-state index is -0.624. The number of nitrogens with one attached hydrogen (secondary N) is 5. The van der Waals surface area contributed by atoms with Gasteiger partial charge in [-0.3, -0.25) is 57.6 Å². The lowest BCUT2D eigenvalue weighted by Crippen LogP contribution is -2.46. The minimum Gasteiger partial charge on any atom is -0.497 e. The highest BCUT2D eigenvalue weighted by Gasteiger charge is 2.48. The molecule has 0 spiro atoms. The molecule has 1 aliphatic heterocycles. The fourth-order valence-corrected chi connectivity index (χ4v) is 12.0. The monoisotopic (exact) mass is 1900 g/mol. The van der Waals surface area contributed by atoms with Crippen LogP contribution in [0.4, 0.5) is 15.3 Å². The number of nitrogens with two attached hydrogens (primary N) is 2. The van der Waals surface area contributed by atoms with Crippen molar-refractivity contribution in [1.29, 1.82) is 0 Å². The standard InChI is InChI=1S/C27H44N4O5.C19H37N3O3.C13H18O3.C12H21NO2.C11H14O.C10H20O.C9H18O.2C5H12/c1-17(2)23(30-18(3)4)22(32)15-20(9-8-14-29-26(28)35)24(33)31-21-12-10-19(11-13-21)16-36-25(34)27(5,6)7;1-12(2)16(22-13(3)4)15(23)11-14(17(24)19(5,6)7)9-8-10-21-18(20)25;1-13(2,3)12(14)16-9-10-5-7-11(15-4)8-6-10;1-11(2,3)8-7-9(14)13(10(8)15)12(4,5)6;1-11(2,3)10(12)9-7-5-4-6-8-9;1-9(2,3)7-8(11)10(4,5)6;1-7(2)8(10)6-9(3,4)5;2*1-5(2,3)4/h10-13,17-18,20,23,30H,8-9,14-16H2,1-7H3,(H,31,33)(H3,28,29,35);12-14,16,22H,8-11H2,1-7H3,(H3,20,21,25);5-8H,9H2,1-4H3;8H,7H2,1-6H3;4-8H,1-3H3;7H2,1-6H3;7H,6H2,1-5H3;2*1-4H3. The van der Waals surface area contributed by atoms with Gasteiger partial charge in [0.05, 0.1) is 35.9 Å². The van der Waals surface area contributed by atoms with Crippen molar-refractivity contribution in [3.05, 3.63) is 95.6 Å². The Morgan fingerprint density at radius 2 is 0.793 bits per heavy atom. The molecule has 24 nitrogen and oxygen atoms in total. The van der Waals surface area contributed by atoms with E-state index < -0.39 is 39.8 Å². The number of hydrogen-bond donors (Lipinski definition) is 7. The molecule has 4 rings (SSSR count). The second-order valence-corrected chi connectivity index (χ2v) is 50.1. The fourth-order valence-electron chi connectivity index (χ4n) is 12.0. The number of benzene rings is 3. The number of methoxy groups -OCH3 is 1. The van der Waals surface area contributed by atoms with E-state index in [1.807, 2.05) is 248 Å². The SMILES string of the molecule is CC(C)(C)C.CC(C)(C)C.CC(C)(C)C(=O)c1ccccc1.CC(C)(C)C1CC(=O)N(C(C)(C)C)C1=O.CC(C)(C)CC(=O)C(C)(C)C.CC(C)C(=O)CC(C)(C)C.CC(C)NC(C(=O)CC(CCCNC(N)=O)C(=O)C(C)(C)C)C(C)C.CC(C)NC(C(=O)CC(CCCNC(N)=O)C(=O)Nc1ccc(COC(=O)C(C)(C)C)cc1)C(C)C.COc1ccc(COC(=O)C(C)(C)C)cc1. The van der Waals surface area contributed by atoms with Gasteiger partial charge in [-0.15, -0.1) is 0 Å². The molecule has 135 heavy (non-hydrogen) atoms. The van der Waals surface area contributed by atoms with Gasteiger partial charge in [0.2, 0.25) is 17.7 Å². The zero-order valence-electron chi connectivity index (χ0n) is 93.6. The molecule has 0 aliphatic carbocycles. The number of rotatable bonds is 32. The van der Waals surface area contributed by atoms with Gasteiger partial charge in [0, 0.05) is 108 Å². The van der Waals surface area contributed by atoms with Gasteiger partial charge < -0.3 is 52.3 Å². The van der Waals surface area contributed by atoms with Gasteiger partial charge in [-0.05, 0) is 162 Å². The Labute approximate surface area is 820 Å². The van der Waals surface area contributed by atoms with E-state index in [2.05, 4.69) is 124 Å². The molecule has 0 saturated carbocycles. The zero-order chi connectivity index (χ0) is 107. The summed E-state index contributed by atoms with van der Waals surface area (Å²) in [6.45, 7) is 91.1. The summed E-state index contributed by atoms with van der Waals surface area (Å²) in [5, 5.41) is 14.5. The van der Waals surface area contributed by atoms with E-state index >= 15 is 0 Å². The fraction of sp³-hybridized carbons (Fsp3) is 0.721. The normalized spacial score (nSPS) is 14.0. The number of nitrogens with zero attached hydrogens (tertiary/aromatic N) is 1. The van der Waals surface area contributed by atoms with Crippen molar-refractivity contribution in [1.82, 2.24) is 26.2 Å². The molecule has 1 aliphatic rings. The number of esters is 2. The second kappa shape index (κ2) is 61.0. The highest BCUT2D eigenvalue weighted by atomic mass is 16.5. The maximum atomic E-state index is 13.1. The number of Topliss-reactive ketones (excluding diaryl/α,β-unsaturated/α-hetero) is 6. The largest absolute Gasteiger partial charge is 0.497 e. The van der Waals surface area contributed by atoms with Crippen molar-refractivity contribution in [2.24, 2.45) is 101 Å². The first-order valence-electron chi connectivity index (χ1n) is 48.6. The molecule has 1 saturated heterocycles. The summed E-state index contributed by atoms with van der Waals surface area (Å²) in [5.41, 5.74) is 12.1. The van der Waals surface area contributed by atoms with Crippen molar-refractivity contribution < 1.29 is 76.5 Å².